The summed E-state index contributed by atoms with van der Waals surface area (Å²) < 4.78 is 31.8. The molecule has 3 rings (SSSR count). The maximum atomic E-state index is 14.2. The van der Waals surface area contributed by atoms with Crippen LogP contribution in [0.15, 0.2) is 54.6 Å². The van der Waals surface area contributed by atoms with Gasteiger partial charge in [-0.3, -0.25) is 0 Å². The van der Waals surface area contributed by atoms with Crippen LogP contribution in [0.25, 0.3) is 0 Å². The number of anilines is 3. The summed E-state index contributed by atoms with van der Waals surface area (Å²) in [7, 11) is 5.36. The van der Waals surface area contributed by atoms with E-state index in [1.54, 1.807) is 99.5 Å². The summed E-state index contributed by atoms with van der Waals surface area (Å²) in [6.07, 6.45) is 0. The van der Waals surface area contributed by atoms with Crippen LogP contribution in [-0.4, -0.2) is 75.1 Å². The number of nitrogens with zero attached hydrogens (tertiary/aromatic N) is 3. The molecule has 6 amide bonds. The maximum Gasteiger partial charge on any atom is 0.647 e. The van der Waals surface area contributed by atoms with E-state index in [9.17, 15) is 18.9 Å². The maximum absolute atomic E-state index is 14.2. The van der Waals surface area contributed by atoms with E-state index < -0.39 is 7.82 Å². The number of rotatable bonds is 9. The van der Waals surface area contributed by atoms with Crippen molar-refractivity contribution in [2.45, 2.75) is 20.8 Å². The van der Waals surface area contributed by atoms with Crippen molar-refractivity contribution >= 4 is 43.0 Å². The summed E-state index contributed by atoms with van der Waals surface area (Å²) in [5.41, 5.74) is 3.59. The van der Waals surface area contributed by atoms with Crippen molar-refractivity contribution in [1.29, 1.82) is 0 Å². The number of hydrogen-bond donors (Lipinski definition) is 3. The molecule has 0 unspecified atom stereocenters. The second-order valence-electron chi connectivity index (χ2n) is 10.6. The standard InChI is InChI=1S/C30H39N6O7P/c1-19-16-22(10-13-25(19)31-28(37)34(4)5)41-44(40,42-23-11-14-26(20(2)17-23)32-29(38)35(6)7)43-24-12-15-27(21(3)18-24)33-30(39)36(8)9/h10-18H,1-9H3,(H,31,37)(H,32,38)(H,33,39). The molecule has 0 fully saturated rings. The van der Waals surface area contributed by atoms with Crippen LogP contribution in [0.5, 0.6) is 17.2 Å². The van der Waals surface area contributed by atoms with Crippen LogP contribution in [0, 0.1) is 20.8 Å². The average molecular weight is 627 g/mol. The molecule has 13 nitrogen and oxygen atoms in total. The Bertz CT molecular complexity index is 1410. The first-order chi connectivity index (χ1) is 20.6. The lowest BCUT2D eigenvalue weighted by molar-refractivity contribution is 0.230. The van der Waals surface area contributed by atoms with Crippen molar-refractivity contribution in [3.8, 4) is 17.2 Å². The number of phosphoric ester groups is 1. The number of amides is 6. The summed E-state index contributed by atoms with van der Waals surface area (Å²) in [5, 5.41) is 8.33. The van der Waals surface area contributed by atoms with Crippen molar-refractivity contribution in [3.63, 3.8) is 0 Å². The van der Waals surface area contributed by atoms with Gasteiger partial charge in [0, 0.05) is 59.3 Å². The van der Waals surface area contributed by atoms with Crippen molar-refractivity contribution in [3.05, 3.63) is 71.3 Å². The van der Waals surface area contributed by atoms with E-state index in [0.717, 1.165) is 0 Å². The first kappa shape index (κ1) is 33.6. The number of carbonyl (C=O) groups excluding carboxylic acids is 3. The number of nitrogens with one attached hydrogen (secondary N) is 3. The number of hydrogen-bond acceptors (Lipinski definition) is 7. The third-order valence-corrected chi connectivity index (χ3v) is 7.49. The van der Waals surface area contributed by atoms with E-state index >= 15 is 0 Å². The average Bonchev–Trinajstić information content (AvgIpc) is 2.92. The highest BCUT2D eigenvalue weighted by Crippen LogP contribution is 2.50. The van der Waals surface area contributed by atoms with Crippen LogP contribution in [0.1, 0.15) is 16.7 Å². The highest BCUT2D eigenvalue weighted by Gasteiger charge is 2.34. The molecule has 0 aliphatic carbocycles. The zero-order chi connectivity index (χ0) is 32.8. The molecule has 3 N–H and O–H groups in total. The van der Waals surface area contributed by atoms with Crippen LogP contribution < -0.4 is 29.5 Å². The van der Waals surface area contributed by atoms with E-state index in [2.05, 4.69) is 16.0 Å². The first-order valence-corrected chi connectivity index (χ1v) is 15.0. The molecule has 3 aromatic rings. The molecule has 236 valence electrons. The minimum atomic E-state index is -4.41. The lowest BCUT2D eigenvalue weighted by Crippen LogP contribution is -2.27. The van der Waals surface area contributed by atoms with Gasteiger partial charge in [-0.15, -0.1) is 0 Å². The number of aryl methyl sites for hydroxylation is 3. The lowest BCUT2D eigenvalue weighted by Gasteiger charge is -2.21. The number of benzene rings is 3. The topological polar surface area (TPSA) is 142 Å². The number of urea groups is 3. The SMILES string of the molecule is Cc1cc(OP(=O)(Oc2ccc(NC(=O)N(C)C)c(C)c2)Oc2ccc(NC(=O)N(C)C)c(C)c2)ccc1NC(=O)N(C)C. The minimum absolute atomic E-state index is 0.173. The molecule has 14 heteroatoms. The highest BCUT2D eigenvalue weighted by atomic mass is 31.2. The molecule has 0 heterocycles. The Morgan fingerprint density at radius 1 is 0.523 bits per heavy atom. The molecular formula is C30H39N6O7P. The Morgan fingerprint density at radius 3 is 0.977 bits per heavy atom. The van der Waals surface area contributed by atoms with Gasteiger partial charge < -0.3 is 44.2 Å². The fraction of sp³-hybridized carbons (Fsp3) is 0.300. The van der Waals surface area contributed by atoms with Gasteiger partial charge in [-0.05, 0) is 92.1 Å². The van der Waals surface area contributed by atoms with Crippen LogP contribution in [0.4, 0.5) is 31.4 Å². The summed E-state index contributed by atoms with van der Waals surface area (Å²) >= 11 is 0. The fourth-order valence-electron chi connectivity index (χ4n) is 3.62. The molecule has 0 saturated heterocycles. The summed E-state index contributed by atoms with van der Waals surface area (Å²) in [5.74, 6) is 0.519. The molecule has 44 heavy (non-hydrogen) atoms. The van der Waals surface area contributed by atoms with Gasteiger partial charge in [0.2, 0.25) is 0 Å². The third-order valence-electron chi connectivity index (χ3n) is 6.19. The van der Waals surface area contributed by atoms with Crippen molar-refractivity contribution < 1.29 is 32.5 Å². The molecule has 0 bridgehead atoms. The Hall–Kier alpha value is -4.90. The molecule has 3 aromatic carbocycles. The highest BCUT2D eigenvalue weighted by molar-refractivity contribution is 7.49. The summed E-state index contributed by atoms with van der Waals surface area (Å²) in [4.78, 5) is 40.6. The molecule has 0 radical (unpaired) electrons. The van der Waals surface area contributed by atoms with Crippen molar-refractivity contribution in [1.82, 2.24) is 14.7 Å². The first-order valence-electron chi connectivity index (χ1n) is 13.5. The van der Waals surface area contributed by atoms with E-state index in [4.69, 9.17) is 13.6 Å². The quantitative estimate of drug-likeness (QED) is 0.229. The molecule has 0 aliphatic heterocycles. The van der Waals surface area contributed by atoms with Gasteiger partial charge >= 0.3 is 25.9 Å². The van der Waals surface area contributed by atoms with E-state index in [0.29, 0.717) is 33.8 Å². The summed E-state index contributed by atoms with van der Waals surface area (Å²) in [6.45, 7) is 5.29. The van der Waals surface area contributed by atoms with Crippen molar-refractivity contribution in [2.75, 3.05) is 58.2 Å². The third kappa shape index (κ3) is 9.05. The van der Waals surface area contributed by atoms with Crippen LogP contribution in [-0.2, 0) is 4.57 Å². The summed E-state index contributed by atoms with van der Waals surface area (Å²) in [6, 6.07) is 13.3. The van der Waals surface area contributed by atoms with Gasteiger partial charge in [0.1, 0.15) is 17.2 Å². The van der Waals surface area contributed by atoms with Gasteiger partial charge in [-0.25, -0.2) is 14.4 Å². The van der Waals surface area contributed by atoms with Gasteiger partial charge in [-0.2, -0.15) is 4.57 Å². The van der Waals surface area contributed by atoms with Gasteiger partial charge in [0.15, 0.2) is 0 Å². The van der Waals surface area contributed by atoms with Gasteiger partial charge in [0.05, 0.1) is 0 Å². The molecular weight excluding hydrogens is 587 g/mol. The molecule has 0 aliphatic rings. The molecule has 0 aromatic heterocycles. The van der Waals surface area contributed by atoms with Gasteiger partial charge in [-0.1, -0.05) is 0 Å². The zero-order valence-corrected chi connectivity index (χ0v) is 27.2. The fourth-order valence-corrected chi connectivity index (χ4v) is 4.85. The van der Waals surface area contributed by atoms with Crippen LogP contribution >= 0.6 is 7.82 Å². The smallest absolute Gasteiger partial charge is 0.386 e. The van der Waals surface area contributed by atoms with E-state index in [1.807, 2.05) is 0 Å². The van der Waals surface area contributed by atoms with E-state index in [-0.39, 0.29) is 35.3 Å². The molecule has 0 atom stereocenters. The predicted octanol–water partition coefficient (Wildman–Crippen LogP) is 6.54. The monoisotopic (exact) mass is 626 g/mol. The second-order valence-corrected chi connectivity index (χ2v) is 12.1. The Balaban J connectivity index is 1.93. The van der Waals surface area contributed by atoms with Crippen LogP contribution in [0.3, 0.4) is 0 Å². The lowest BCUT2D eigenvalue weighted by atomic mass is 10.2. The van der Waals surface area contributed by atoms with Crippen LogP contribution in [0.2, 0.25) is 0 Å². The normalized spacial score (nSPS) is 10.8. The van der Waals surface area contributed by atoms with Gasteiger partial charge in [0.25, 0.3) is 0 Å². The van der Waals surface area contributed by atoms with Crippen molar-refractivity contribution in [2.24, 2.45) is 0 Å². The van der Waals surface area contributed by atoms with E-state index in [1.165, 1.54) is 32.9 Å². The Labute approximate surface area is 257 Å². The largest absolute Gasteiger partial charge is 0.647 e. The second kappa shape index (κ2) is 14.0. The minimum Gasteiger partial charge on any atom is -0.386 e. The molecule has 0 saturated carbocycles. The Kier molecular flexibility index (Phi) is 10.7. The number of phosphoric acid groups is 1. The Morgan fingerprint density at radius 2 is 0.773 bits per heavy atom. The predicted molar refractivity (Wildman–Crippen MR) is 171 cm³/mol. The number of carbonyl (C=O) groups is 3. The molecule has 0 spiro atoms. The zero-order valence-electron chi connectivity index (χ0n) is 26.3.